The third kappa shape index (κ3) is 4.88. The lowest BCUT2D eigenvalue weighted by Gasteiger charge is -2.12. The molecule has 0 radical (unpaired) electrons. The van der Waals surface area contributed by atoms with Gasteiger partial charge in [-0.1, -0.05) is 23.7 Å². The molecule has 35 heavy (non-hydrogen) atoms. The van der Waals surface area contributed by atoms with Gasteiger partial charge in [-0.2, -0.15) is 23.5 Å². The minimum absolute atomic E-state index is 0.00363. The number of hydrogen-bond donors (Lipinski definition) is 2. The van der Waals surface area contributed by atoms with E-state index in [0.717, 1.165) is 12.1 Å². The van der Waals surface area contributed by atoms with Gasteiger partial charge in [0.15, 0.2) is 5.82 Å². The highest BCUT2D eigenvalue weighted by Crippen LogP contribution is 2.35. The molecule has 0 fully saturated rings. The fourth-order valence-corrected chi connectivity index (χ4v) is 3.80. The average molecular weight is 503 g/mol. The fourth-order valence-electron chi connectivity index (χ4n) is 3.64. The topological polar surface area (TPSA) is 109 Å². The van der Waals surface area contributed by atoms with Crippen molar-refractivity contribution in [3.63, 3.8) is 0 Å². The number of alkyl halides is 3. The van der Waals surface area contributed by atoms with E-state index in [4.69, 9.17) is 22.6 Å². The third-order valence-corrected chi connectivity index (χ3v) is 5.54. The van der Waals surface area contributed by atoms with E-state index in [2.05, 4.69) is 15.4 Å². The first kappa shape index (κ1) is 24.0. The summed E-state index contributed by atoms with van der Waals surface area (Å²) in [7, 11) is 0. The lowest BCUT2D eigenvalue weighted by molar-refractivity contribution is -0.137. The Labute approximate surface area is 200 Å². The first-order valence-electron chi connectivity index (χ1n) is 10.0. The quantitative estimate of drug-likeness (QED) is 0.372. The maximum absolute atomic E-state index is 15.0. The van der Waals surface area contributed by atoms with Crippen molar-refractivity contribution in [3.05, 3.63) is 76.5 Å². The van der Waals surface area contributed by atoms with Crippen molar-refractivity contribution in [2.24, 2.45) is 0 Å². The predicted molar refractivity (Wildman–Crippen MR) is 121 cm³/mol. The highest BCUT2D eigenvalue weighted by molar-refractivity contribution is 6.33. The van der Waals surface area contributed by atoms with Crippen molar-refractivity contribution < 1.29 is 22.4 Å². The second-order valence-corrected chi connectivity index (χ2v) is 7.93. The molecule has 0 aliphatic carbocycles. The van der Waals surface area contributed by atoms with Crippen LogP contribution in [0.15, 0.2) is 48.9 Å². The number of carbonyl (C=O) groups excluding carboxylic acids is 1. The lowest BCUT2D eigenvalue weighted by Crippen LogP contribution is -2.16. The number of fused-ring (bicyclic) bond motifs is 1. The number of nitrogens with zero attached hydrogens (tertiary/aromatic N) is 4. The van der Waals surface area contributed by atoms with E-state index in [0.29, 0.717) is 28.3 Å². The molecule has 1 amide bonds. The molecule has 0 saturated carbocycles. The Kier molecular flexibility index (Phi) is 6.32. The standard InChI is InChI=1S/C23H15ClF4N6O/c24-16-4-3-15(23(26,27)28)9-18(16)33-19(35)8-12-1-2-13(7-17(12)25)20-14(5-6-29)10-34-21(20)22(30)31-11-32-34/h1-4,7,9-11H,5,8H2,(H,33,35)(H2,30,31,32). The van der Waals surface area contributed by atoms with E-state index in [-0.39, 0.29) is 28.5 Å². The van der Waals surface area contributed by atoms with Crippen molar-refractivity contribution in [2.75, 3.05) is 11.1 Å². The number of nitrogens with one attached hydrogen (secondary N) is 1. The second-order valence-electron chi connectivity index (χ2n) is 7.53. The molecule has 2 heterocycles. The molecule has 0 saturated heterocycles. The minimum Gasteiger partial charge on any atom is -0.382 e. The molecule has 12 heteroatoms. The molecule has 3 N–H and O–H groups in total. The molecule has 2 aromatic carbocycles. The summed E-state index contributed by atoms with van der Waals surface area (Å²) in [5.74, 6) is -1.35. The van der Waals surface area contributed by atoms with E-state index in [1.165, 1.54) is 23.0 Å². The Morgan fingerprint density at radius 2 is 1.97 bits per heavy atom. The highest BCUT2D eigenvalue weighted by atomic mass is 35.5. The molecule has 2 aromatic heterocycles. The lowest BCUT2D eigenvalue weighted by atomic mass is 9.98. The minimum atomic E-state index is -4.62. The van der Waals surface area contributed by atoms with E-state index >= 15 is 0 Å². The van der Waals surface area contributed by atoms with Crippen LogP contribution >= 0.6 is 11.6 Å². The first-order chi connectivity index (χ1) is 16.6. The average Bonchev–Trinajstić information content (AvgIpc) is 3.15. The van der Waals surface area contributed by atoms with Gasteiger partial charge in [-0.15, -0.1) is 0 Å². The van der Waals surface area contributed by atoms with Crippen LogP contribution < -0.4 is 11.1 Å². The van der Waals surface area contributed by atoms with E-state index in [1.807, 2.05) is 6.07 Å². The van der Waals surface area contributed by atoms with Crippen LogP contribution in [0.1, 0.15) is 16.7 Å². The summed E-state index contributed by atoms with van der Waals surface area (Å²) in [5, 5.41) is 15.4. The molecule has 0 unspecified atom stereocenters. The van der Waals surface area contributed by atoms with Gasteiger partial charge >= 0.3 is 6.18 Å². The Bertz CT molecular complexity index is 1490. The molecule has 4 rings (SSSR count). The van der Waals surface area contributed by atoms with Crippen LogP contribution in [0, 0.1) is 17.1 Å². The Hall–Kier alpha value is -4.17. The number of nitrogen functional groups attached to an aromatic ring is 1. The maximum Gasteiger partial charge on any atom is 0.416 e. The normalized spacial score (nSPS) is 11.4. The van der Waals surface area contributed by atoms with Crippen molar-refractivity contribution in [2.45, 2.75) is 19.0 Å². The third-order valence-electron chi connectivity index (χ3n) is 5.21. The van der Waals surface area contributed by atoms with E-state index in [1.54, 1.807) is 12.3 Å². The summed E-state index contributed by atoms with van der Waals surface area (Å²) in [6, 6.07) is 8.66. The molecule has 4 aromatic rings. The highest BCUT2D eigenvalue weighted by Gasteiger charge is 2.31. The zero-order valence-corrected chi connectivity index (χ0v) is 18.5. The monoisotopic (exact) mass is 502 g/mol. The Morgan fingerprint density at radius 3 is 2.66 bits per heavy atom. The van der Waals surface area contributed by atoms with Gasteiger partial charge < -0.3 is 11.1 Å². The van der Waals surface area contributed by atoms with Crippen LogP contribution in [-0.2, 0) is 23.8 Å². The maximum atomic E-state index is 15.0. The van der Waals surface area contributed by atoms with E-state index in [9.17, 15) is 22.4 Å². The number of amides is 1. The van der Waals surface area contributed by atoms with Crippen LogP contribution in [0.4, 0.5) is 29.1 Å². The smallest absolute Gasteiger partial charge is 0.382 e. The van der Waals surface area contributed by atoms with Gasteiger partial charge in [0.2, 0.25) is 5.91 Å². The van der Waals surface area contributed by atoms with Gasteiger partial charge in [-0.3, -0.25) is 4.79 Å². The van der Waals surface area contributed by atoms with Crippen LogP contribution in [0.25, 0.3) is 16.6 Å². The number of rotatable bonds is 5. The van der Waals surface area contributed by atoms with Crippen molar-refractivity contribution in [1.29, 1.82) is 5.26 Å². The molecular weight excluding hydrogens is 488 g/mol. The van der Waals surface area contributed by atoms with Crippen LogP contribution in [-0.4, -0.2) is 20.5 Å². The predicted octanol–water partition coefficient (Wildman–Crippen LogP) is 5.04. The van der Waals surface area contributed by atoms with Crippen molar-refractivity contribution >= 4 is 34.5 Å². The van der Waals surface area contributed by atoms with Crippen LogP contribution in [0.5, 0.6) is 0 Å². The largest absolute Gasteiger partial charge is 0.416 e. The van der Waals surface area contributed by atoms with E-state index < -0.39 is 29.9 Å². The summed E-state index contributed by atoms with van der Waals surface area (Å²) < 4.78 is 55.3. The molecule has 0 aliphatic heterocycles. The summed E-state index contributed by atoms with van der Waals surface area (Å²) in [6.45, 7) is 0. The number of halogens is 5. The number of hydrogen-bond acceptors (Lipinski definition) is 5. The van der Waals surface area contributed by atoms with Crippen molar-refractivity contribution in [3.8, 4) is 17.2 Å². The summed E-state index contributed by atoms with van der Waals surface area (Å²) in [6.07, 6.45) is -2.20. The zero-order chi connectivity index (χ0) is 25.3. The Morgan fingerprint density at radius 1 is 1.20 bits per heavy atom. The molecule has 0 aliphatic rings. The molecular formula is C23H15ClF4N6O. The van der Waals surface area contributed by atoms with Gasteiger partial charge in [0, 0.05) is 11.8 Å². The molecule has 7 nitrogen and oxygen atoms in total. The second kappa shape index (κ2) is 9.23. The van der Waals surface area contributed by atoms with Gasteiger partial charge in [0.05, 0.1) is 35.2 Å². The Balaban J connectivity index is 1.62. The SMILES string of the molecule is N#CCc1cn2ncnc(N)c2c1-c1ccc(CC(=O)Nc2cc(C(F)(F)F)ccc2Cl)c(F)c1. The van der Waals surface area contributed by atoms with Gasteiger partial charge in [-0.25, -0.2) is 13.9 Å². The van der Waals surface area contributed by atoms with Gasteiger partial charge in [-0.05, 0) is 41.0 Å². The summed E-state index contributed by atoms with van der Waals surface area (Å²) in [4.78, 5) is 16.4. The van der Waals surface area contributed by atoms with Crippen LogP contribution in [0.2, 0.25) is 5.02 Å². The first-order valence-corrected chi connectivity index (χ1v) is 10.4. The summed E-state index contributed by atoms with van der Waals surface area (Å²) in [5.41, 5.74) is 6.60. The number of anilines is 2. The zero-order valence-electron chi connectivity index (χ0n) is 17.7. The number of carbonyl (C=O) groups is 1. The molecule has 0 bridgehead atoms. The fraction of sp³-hybridized carbons (Fsp3) is 0.130. The number of benzene rings is 2. The summed E-state index contributed by atoms with van der Waals surface area (Å²) >= 11 is 5.90. The number of nitrogens with two attached hydrogens (primary N) is 1. The van der Waals surface area contributed by atoms with Crippen molar-refractivity contribution in [1.82, 2.24) is 14.6 Å². The molecule has 0 spiro atoms. The number of nitriles is 1. The molecule has 0 atom stereocenters. The molecule has 178 valence electrons. The van der Waals surface area contributed by atoms with Gasteiger partial charge in [0.1, 0.15) is 17.7 Å². The number of aromatic nitrogens is 3. The van der Waals surface area contributed by atoms with Crippen LogP contribution in [0.3, 0.4) is 0 Å². The van der Waals surface area contributed by atoms with Gasteiger partial charge in [0.25, 0.3) is 0 Å².